The summed E-state index contributed by atoms with van der Waals surface area (Å²) in [5.74, 6) is 0.164. The van der Waals surface area contributed by atoms with Gasteiger partial charge in [-0.3, -0.25) is 4.68 Å². The summed E-state index contributed by atoms with van der Waals surface area (Å²) in [7, 11) is 1.90. The van der Waals surface area contributed by atoms with Gasteiger partial charge in [0.05, 0.1) is 27.9 Å². The Hall–Kier alpha value is -1.98. The van der Waals surface area contributed by atoms with Crippen LogP contribution in [0.15, 0.2) is 29.5 Å². The average molecular weight is 422 g/mol. The predicted octanol–water partition coefficient (Wildman–Crippen LogP) is 5.42. The van der Waals surface area contributed by atoms with Gasteiger partial charge in [-0.25, -0.2) is 4.79 Å². The third kappa shape index (κ3) is 3.53. The third-order valence-electron chi connectivity index (χ3n) is 4.85. The van der Waals surface area contributed by atoms with Gasteiger partial charge in [0, 0.05) is 29.6 Å². The molecule has 2 heterocycles. The minimum atomic E-state index is -0.354. The number of fused-ring (bicyclic) bond motifs is 1. The number of benzene rings is 1. The standard InChI is InChI=1S/C21H25Cl2N3O2/c1-7-28-20(27)15-11(2)24-19-17(18(21(3,4)5)25-26(19)6)16(15)12-8-9-13(22)14(23)10-12/h8-10,16,24H,7H2,1-6H3. The Morgan fingerprint density at radius 2 is 1.96 bits per heavy atom. The van der Waals surface area contributed by atoms with Crippen LogP contribution in [0.3, 0.4) is 0 Å². The van der Waals surface area contributed by atoms with Crippen LogP contribution in [0.25, 0.3) is 0 Å². The molecule has 0 spiro atoms. The second kappa shape index (κ2) is 7.45. The van der Waals surface area contributed by atoms with Gasteiger partial charge in [0.25, 0.3) is 0 Å². The molecular weight excluding hydrogens is 397 g/mol. The lowest BCUT2D eigenvalue weighted by molar-refractivity contribution is -0.138. The molecular formula is C21H25Cl2N3O2. The van der Waals surface area contributed by atoms with Gasteiger partial charge in [0.15, 0.2) is 0 Å². The number of anilines is 1. The van der Waals surface area contributed by atoms with Crippen LogP contribution in [0.2, 0.25) is 10.0 Å². The second-order valence-corrected chi connectivity index (χ2v) is 8.79. The maximum Gasteiger partial charge on any atom is 0.336 e. The molecule has 1 aromatic carbocycles. The number of aryl methyl sites for hydroxylation is 1. The zero-order valence-electron chi connectivity index (χ0n) is 17.0. The number of allylic oxidation sites excluding steroid dienone is 1. The molecule has 1 unspecified atom stereocenters. The van der Waals surface area contributed by atoms with Gasteiger partial charge in [-0.05, 0) is 31.5 Å². The van der Waals surface area contributed by atoms with Crippen molar-refractivity contribution in [2.75, 3.05) is 11.9 Å². The number of hydrogen-bond acceptors (Lipinski definition) is 4. The second-order valence-electron chi connectivity index (χ2n) is 7.98. The van der Waals surface area contributed by atoms with Crippen molar-refractivity contribution in [3.63, 3.8) is 0 Å². The van der Waals surface area contributed by atoms with Gasteiger partial charge in [0.2, 0.25) is 0 Å². The summed E-state index contributed by atoms with van der Waals surface area (Å²) in [6.07, 6.45) is 0. The van der Waals surface area contributed by atoms with E-state index in [-0.39, 0.29) is 17.3 Å². The normalized spacial score (nSPS) is 16.6. The minimum absolute atomic E-state index is 0.216. The zero-order valence-corrected chi connectivity index (χ0v) is 18.5. The number of nitrogens with zero attached hydrogens (tertiary/aromatic N) is 2. The van der Waals surface area contributed by atoms with Crippen molar-refractivity contribution in [2.24, 2.45) is 7.05 Å². The molecule has 1 aromatic heterocycles. The van der Waals surface area contributed by atoms with Gasteiger partial charge in [-0.1, -0.05) is 50.0 Å². The van der Waals surface area contributed by atoms with E-state index in [0.29, 0.717) is 22.2 Å². The summed E-state index contributed by atoms with van der Waals surface area (Å²) in [6, 6.07) is 5.47. The van der Waals surface area contributed by atoms with Crippen molar-refractivity contribution in [1.29, 1.82) is 0 Å². The summed E-state index contributed by atoms with van der Waals surface area (Å²) in [5.41, 5.74) is 3.84. The Kier molecular flexibility index (Phi) is 5.52. The highest BCUT2D eigenvalue weighted by Gasteiger charge is 2.40. The largest absolute Gasteiger partial charge is 0.463 e. The maximum atomic E-state index is 12.9. The summed E-state index contributed by atoms with van der Waals surface area (Å²) in [4.78, 5) is 12.9. The van der Waals surface area contributed by atoms with Gasteiger partial charge < -0.3 is 10.1 Å². The lowest BCUT2D eigenvalue weighted by Gasteiger charge is -2.30. The number of ether oxygens (including phenoxy) is 1. The van der Waals surface area contributed by atoms with E-state index in [1.54, 1.807) is 13.0 Å². The SMILES string of the molecule is CCOC(=O)C1=C(C)Nc2c(c(C(C)(C)C)nn2C)C1c1ccc(Cl)c(Cl)c1. The van der Waals surface area contributed by atoms with Gasteiger partial charge in [0.1, 0.15) is 5.82 Å². The zero-order chi connectivity index (χ0) is 20.8. The van der Waals surface area contributed by atoms with Gasteiger partial charge >= 0.3 is 5.97 Å². The lowest BCUT2D eigenvalue weighted by atomic mass is 9.77. The monoisotopic (exact) mass is 421 g/mol. The molecule has 0 saturated heterocycles. The quantitative estimate of drug-likeness (QED) is 0.672. The fraction of sp³-hybridized carbons (Fsp3) is 0.429. The van der Waals surface area contributed by atoms with E-state index < -0.39 is 0 Å². The summed E-state index contributed by atoms with van der Waals surface area (Å²) >= 11 is 12.5. The van der Waals surface area contributed by atoms with Crippen LogP contribution in [-0.4, -0.2) is 22.4 Å². The van der Waals surface area contributed by atoms with Crippen molar-refractivity contribution in [2.45, 2.75) is 46.0 Å². The molecule has 0 radical (unpaired) electrons. The third-order valence-corrected chi connectivity index (χ3v) is 5.59. The van der Waals surface area contributed by atoms with Crippen LogP contribution in [0.4, 0.5) is 5.82 Å². The van der Waals surface area contributed by atoms with E-state index in [2.05, 4.69) is 26.1 Å². The summed E-state index contributed by atoms with van der Waals surface area (Å²) in [5, 5.41) is 9.04. The Bertz CT molecular complexity index is 971. The molecule has 1 aliphatic heterocycles. The molecule has 5 nitrogen and oxygen atoms in total. The highest BCUT2D eigenvalue weighted by Crippen LogP contribution is 2.47. The molecule has 2 aromatic rings. The first-order chi connectivity index (χ1) is 13.1. The van der Waals surface area contributed by atoms with Crippen LogP contribution < -0.4 is 5.32 Å². The first-order valence-electron chi connectivity index (χ1n) is 9.23. The molecule has 0 fully saturated rings. The van der Waals surface area contributed by atoms with Crippen molar-refractivity contribution in [3.8, 4) is 0 Å². The number of hydrogen-bond donors (Lipinski definition) is 1. The Balaban J connectivity index is 2.32. The first kappa shape index (κ1) is 20.7. The number of aromatic nitrogens is 2. The van der Waals surface area contributed by atoms with Crippen LogP contribution in [-0.2, 0) is 22.0 Å². The van der Waals surface area contributed by atoms with Crippen LogP contribution in [0.5, 0.6) is 0 Å². The summed E-state index contributed by atoms with van der Waals surface area (Å²) < 4.78 is 7.21. The Morgan fingerprint density at radius 1 is 1.29 bits per heavy atom. The molecule has 7 heteroatoms. The van der Waals surface area contributed by atoms with Crippen LogP contribution in [0, 0.1) is 0 Å². The van der Waals surface area contributed by atoms with E-state index in [4.69, 9.17) is 33.0 Å². The number of esters is 1. The Labute approximate surface area is 175 Å². The van der Waals surface area contributed by atoms with Crippen molar-refractivity contribution >= 4 is 35.0 Å². The van der Waals surface area contributed by atoms with E-state index in [1.807, 2.05) is 30.8 Å². The molecule has 0 amide bonds. The molecule has 0 aliphatic carbocycles. The van der Waals surface area contributed by atoms with E-state index in [1.165, 1.54) is 0 Å². The smallest absolute Gasteiger partial charge is 0.336 e. The van der Waals surface area contributed by atoms with E-state index in [9.17, 15) is 4.79 Å². The molecule has 0 saturated carbocycles. The summed E-state index contributed by atoms with van der Waals surface area (Å²) in [6.45, 7) is 10.3. The highest BCUT2D eigenvalue weighted by molar-refractivity contribution is 6.42. The maximum absolute atomic E-state index is 12.9. The number of nitrogens with one attached hydrogen (secondary N) is 1. The number of rotatable bonds is 3. The van der Waals surface area contributed by atoms with Crippen LogP contribution in [0.1, 0.15) is 57.4 Å². The molecule has 3 rings (SSSR count). The van der Waals surface area contributed by atoms with Crippen molar-refractivity contribution in [3.05, 3.63) is 56.3 Å². The molecule has 150 valence electrons. The van der Waals surface area contributed by atoms with Crippen molar-refractivity contribution < 1.29 is 9.53 Å². The van der Waals surface area contributed by atoms with Crippen molar-refractivity contribution in [1.82, 2.24) is 9.78 Å². The van der Waals surface area contributed by atoms with E-state index in [0.717, 1.165) is 28.3 Å². The highest BCUT2D eigenvalue weighted by atomic mass is 35.5. The average Bonchev–Trinajstić information content (AvgIpc) is 2.93. The predicted molar refractivity (Wildman–Crippen MR) is 113 cm³/mol. The fourth-order valence-corrected chi connectivity index (χ4v) is 3.93. The lowest BCUT2D eigenvalue weighted by Crippen LogP contribution is -2.27. The van der Waals surface area contributed by atoms with E-state index >= 15 is 0 Å². The molecule has 1 aliphatic rings. The topological polar surface area (TPSA) is 56.1 Å². The first-order valence-corrected chi connectivity index (χ1v) is 9.99. The van der Waals surface area contributed by atoms with Crippen LogP contribution >= 0.6 is 23.2 Å². The molecule has 1 atom stereocenters. The number of carbonyl (C=O) groups is 1. The molecule has 28 heavy (non-hydrogen) atoms. The number of halogens is 2. The fourth-order valence-electron chi connectivity index (χ4n) is 3.63. The molecule has 1 N–H and O–H groups in total. The number of carbonyl (C=O) groups excluding carboxylic acids is 1. The minimum Gasteiger partial charge on any atom is -0.463 e. The van der Waals surface area contributed by atoms with Gasteiger partial charge in [-0.2, -0.15) is 5.10 Å². The van der Waals surface area contributed by atoms with Gasteiger partial charge in [-0.15, -0.1) is 0 Å². The Morgan fingerprint density at radius 3 is 2.54 bits per heavy atom. The molecule has 0 bridgehead atoms.